The third-order valence-corrected chi connectivity index (χ3v) is 4.05. The quantitative estimate of drug-likeness (QED) is 0.623. The zero-order valence-corrected chi connectivity index (χ0v) is 12.1. The summed E-state index contributed by atoms with van der Waals surface area (Å²) in [5.74, 6) is -1.19. The van der Waals surface area contributed by atoms with E-state index in [1.54, 1.807) is 11.3 Å². The highest BCUT2D eigenvalue weighted by Gasteiger charge is 2.19. The molecule has 7 heteroatoms. The van der Waals surface area contributed by atoms with Crippen LogP contribution < -0.4 is 5.32 Å². The fourth-order valence-electron chi connectivity index (χ4n) is 2.00. The Bertz CT molecular complexity index is 655. The minimum absolute atomic E-state index is 0.0236. The molecule has 0 aliphatic carbocycles. The average molecular weight is 306 g/mol. The molecule has 0 saturated carbocycles. The zero-order chi connectivity index (χ0) is 15.4. The van der Waals surface area contributed by atoms with Gasteiger partial charge in [0.25, 0.3) is 5.69 Å². The van der Waals surface area contributed by atoms with Gasteiger partial charge < -0.3 is 10.4 Å². The number of nitro groups is 1. The Hall–Kier alpha value is -2.41. The van der Waals surface area contributed by atoms with Crippen molar-refractivity contribution < 1.29 is 14.8 Å². The molecular formula is C14H14N2O4S. The van der Waals surface area contributed by atoms with Gasteiger partial charge in [-0.15, -0.1) is 11.3 Å². The first-order valence-electron chi connectivity index (χ1n) is 6.34. The second-order valence-corrected chi connectivity index (χ2v) is 5.39. The van der Waals surface area contributed by atoms with Crippen LogP contribution in [-0.4, -0.2) is 16.0 Å². The van der Waals surface area contributed by atoms with E-state index >= 15 is 0 Å². The molecule has 21 heavy (non-hydrogen) atoms. The van der Waals surface area contributed by atoms with Crippen molar-refractivity contribution in [2.75, 3.05) is 5.32 Å². The summed E-state index contributed by atoms with van der Waals surface area (Å²) in [4.78, 5) is 22.5. The van der Waals surface area contributed by atoms with Crippen LogP contribution in [-0.2, 0) is 0 Å². The summed E-state index contributed by atoms with van der Waals surface area (Å²) in [6.45, 7) is 1.99. The van der Waals surface area contributed by atoms with Gasteiger partial charge in [0.1, 0.15) is 0 Å². The van der Waals surface area contributed by atoms with Gasteiger partial charge in [-0.3, -0.25) is 10.1 Å². The van der Waals surface area contributed by atoms with E-state index in [2.05, 4.69) is 5.32 Å². The first-order valence-corrected chi connectivity index (χ1v) is 7.22. The number of carbonyl (C=O) groups is 1. The number of aromatic carboxylic acids is 1. The number of hydrogen-bond acceptors (Lipinski definition) is 5. The largest absolute Gasteiger partial charge is 0.478 e. The smallest absolute Gasteiger partial charge is 0.338 e. The predicted molar refractivity (Wildman–Crippen MR) is 81.0 cm³/mol. The number of hydrogen-bond donors (Lipinski definition) is 2. The van der Waals surface area contributed by atoms with Crippen molar-refractivity contribution in [3.63, 3.8) is 0 Å². The van der Waals surface area contributed by atoms with E-state index in [-0.39, 0.29) is 17.3 Å². The van der Waals surface area contributed by atoms with Crippen LogP contribution in [0.2, 0.25) is 0 Å². The summed E-state index contributed by atoms with van der Waals surface area (Å²) in [5, 5.41) is 25.1. The number of carboxylic acid groups (broad SMARTS) is 1. The fourth-order valence-corrected chi connectivity index (χ4v) is 2.86. The number of nitro benzene ring substituents is 1. The van der Waals surface area contributed by atoms with Crippen molar-refractivity contribution in [2.24, 2.45) is 0 Å². The van der Waals surface area contributed by atoms with E-state index in [1.807, 2.05) is 24.4 Å². The Balaban J connectivity index is 2.34. The van der Waals surface area contributed by atoms with E-state index in [4.69, 9.17) is 0 Å². The van der Waals surface area contributed by atoms with Crippen LogP contribution >= 0.6 is 11.3 Å². The van der Waals surface area contributed by atoms with Crippen LogP contribution in [0.5, 0.6) is 0 Å². The number of thiophene rings is 1. The molecule has 0 fully saturated rings. The van der Waals surface area contributed by atoms with Gasteiger partial charge in [0, 0.05) is 22.7 Å². The molecular weight excluding hydrogens is 292 g/mol. The van der Waals surface area contributed by atoms with Gasteiger partial charge in [-0.2, -0.15) is 0 Å². The normalized spacial score (nSPS) is 11.9. The molecule has 0 bridgehead atoms. The third kappa shape index (κ3) is 3.38. The Morgan fingerprint density at radius 1 is 1.48 bits per heavy atom. The molecule has 0 radical (unpaired) electrons. The van der Waals surface area contributed by atoms with Crippen molar-refractivity contribution >= 4 is 28.7 Å². The number of rotatable bonds is 6. The molecule has 0 aliphatic rings. The van der Waals surface area contributed by atoms with Crippen molar-refractivity contribution in [3.8, 4) is 0 Å². The van der Waals surface area contributed by atoms with Gasteiger partial charge in [-0.05, 0) is 23.9 Å². The second kappa shape index (κ2) is 6.36. The Kier molecular flexibility index (Phi) is 4.54. The van der Waals surface area contributed by atoms with Crippen LogP contribution in [0.15, 0.2) is 35.7 Å². The monoisotopic (exact) mass is 306 g/mol. The van der Waals surface area contributed by atoms with Gasteiger partial charge in [0.2, 0.25) is 0 Å². The van der Waals surface area contributed by atoms with Gasteiger partial charge in [-0.25, -0.2) is 4.79 Å². The molecule has 2 N–H and O–H groups in total. The maximum atomic E-state index is 11.3. The summed E-state index contributed by atoms with van der Waals surface area (Å²) in [7, 11) is 0. The number of non-ortho nitro benzene ring substituents is 1. The molecule has 1 heterocycles. The Morgan fingerprint density at radius 2 is 2.24 bits per heavy atom. The summed E-state index contributed by atoms with van der Waals surface area (Å²) < 4.78 is 0. The van der Waals surface area contributed by atoms with Crippen LogP contribution in [0.25, 0.3) is 0 Å². The lowest BCUT2D eigenvalue weighted by atomic mass is 10.1. The highest BCUT2D eigenvalue weighted by molar-refractivity contribution is 7.10. The van der Waals surface area contributed by atoms with Gasteiger partial charge in [0.05, 0.1) is 16.5 Å². The summed E-state index contributed by atoms with van der Waals surface area (Å²) in [6.07, 6.45) is 0.774. The number of anilines is 1. The van der Waals surface area contributed by atoms with Gasteiger partial charge >= 0.3 is 5.97 Å². The third-order valence-electron chi connectivity index (χ3n) is 3.07. The van der Waals surface area contributed by atoms with E-state index in [0.29, 0.717) is 5.69 Å². The Morgan fingerprint density at radius 3 is 2.76 bits per heavy atom. The van der Waals surface area contributed by atoms with Crippen molar-refractivity contribution in [1.82, 2.24) is 0 Å². The molecule has 1 unspecified atom stereocenters. The maximum absolute atomic E-state index is 11.3. The van der Waals surface area contributed by atoms with E-state index in [9.17, 15) is 20.0 Å². The van der Waals surface area contributed by atoms with Crippen LogP contribution in [0, 0.1) is 10.1 Å². The molecule has 1 aromatic carbocycles. The second-order valence-electron chi connectivity index (χ2n) is 4.41. The Labute approximate surface area is 125 Å². The number of benzene rings is 1. The first-order chi connectivity index (χ1) is 10.0. The van der Waals surface area contributed by atoms with E-state index in [1.165, 1.54) is 12.1 Å². The van der Waals surface area contributed by atoms with Crippen molar-refractivity contribution in [2.45, 2.75) is 19.4 Å². The highest BCUT2D eigenvalue weighted by atomic mass is 32.1. The zero-order valence-electron chi connectivity index (χ0n) is 11.3. The van der Waals surface area contributed by atoms with E-state index in [0.717, 1.165) is 17.4 Å². The number of nitrogens with one attached hydrogen (secondary N) is 1. The fraction of sp³-hybridized carbons (Fsp3) is 0.214. The topological polar surface area (TPSA) is 92.5 Å². The van der Waals surface area contributed by atoms with Crippen LogP contribution in [0.4, 0.5) is 11.4 Å². The SMILES string of the molecule is CCC(Nc1ccc([N+](=O)[O-])cc1C(=O)O)c1cccs1. The predicted octanol–water partition coefficient (Wildman–Crippen LogP) is 3.92. The molecule has 1 aromatic heterocycles. The van der Waals surface area contributed by atoms with Crippen LogP contribution in [0.1, 0.15) is 34.6 Å². The number of carboxylic acids is 1. The lowest BCUT2D eigenvalue weighted by Gasteiger charge is -2.18. The highest BCUT2D eigenvalue weighted by Crippen LogP contribution is 2.29. The van der Waals surface area contributed by atoms with Gasteiger partial charge in [-0.1, -0.05) is 13.0 Å². The molecule has 0 saturated heterocycles. The maximum Gasteiger partial charge on any atom is 0.338 e. The molecule has 110 valence electrons. The molecule has 0 amide bonds. The first kappa shape index (κ1) is 15.0. The molecule has 2 aromatic rings. The lowest BCUT2D eigenvalue weighted by molar-refractivity contribution is -0.384. The van der Waals surface area contributed by atoms with Crippen molar-refractivity contribution in [1.29, 1.82) is 0 Å². The molecule has 0 aliphatic heterocycles. The standard InChI is InChI=1S/C14H14N2O4S/c1-2-11(13-4-3-7-21-13)15-12-6-5-9(16(19)20)8-10(12)14(17)18/h3-8,11,15H,2H2,1H3,(H,17,18). The minimum atomic E-state index is -1.19. The lowest BCUT2D eigenvalue weighted by Crippen LogP contribution is -2.12. The van der Waals surface area contributed by atoms with E-state index < -0.39 is 10.9 Å². The molecule has 0 spiro atoms. The number of nitrogens with zero attached hydrogens (tertiary/aromatic N) is 1. The van der Waals surface area contributed by atoms with Gasteiger partial charge in [0.15, 0.2) is 0 Å². The van der Waals surface area contributed by atoms with Crippen molar-refractivity contribution in [3.05, 3.63) is 56.3 Å². The summed E-state index contributed by atoms with van der Waals surface area (Å²) >= 11 is 1.58. The molecule has 6 nitrogen and oxygen atoms in total. The summed E-state index contributed by atoms with van der Waals surface area (Å²) in [5.41, 5.74) is 0.0506. The molecule has 2 rings (SSSR count). The van der Waals surface area contributed by atoms with Crippen LogP contribution in [0.3, 0.4) is 0 Å². The average Bonchev–Trinajstić information content (AvgIpc) is 2.98. The minimum Gasteiger partial charge on any atom is -0.478 e. The molecule has 1 atom stereocenters. The summed E-state index contributed by atoms with van der Waals surface area (Å²) in [6, 6.07) is 7.69.